The van der Waals surface area contributed by atoms with Gasteiger partial charge in [0.1, 0.15) is 0 Å². The smallest absolute Gasteiger partial charge is 0.337 e. The lowest BCUT2D eigenvalue weighted by Gasteiger charge is -2.07. The number of aromatic carboxylic acids is 1. The van der Waals surface area contributed by atoms with Crippen molar-refractivity contribution < 1.29 is 14.7 Å². The van der Waals surface area contributed by atoms with Gasteiger partial charge in [-0.25, -0.2) is 4.79 Å². The van der Waals surface area contributed by atoms with E-state index in [-0.39, 0.29) is 11.5 Å². The summed E-state index contributed by atoms with van der Waals surface area (Å²) in [5, 5.41) is 11.3. The molecule has 0 aromatic carbocycles. The Morgan fingerprint density at radius 2 is 2.07 bits per heavy atom. The van der Waals surface area contributed by atoms with Crippen molar-refractivity contribution in [1.29, 1.82) is 0 Å². The van der Waals surface area contributed by atoms with Crippen molar-refractivity contribution in [2.24, 2.45) is 0 Å². The minimum atomic E-state index is -1.05. The molecular formula is C9H10N2O3. The molecule has 0 unspecified atom stereocenters. The monoisotopic (exact) mass is 194 g/mol. The van der Waals surface area contributed by atoms with Crippen LogP contribution in [0, 0.1) is 6.92 Å². The van der Waals surface area contributed by atoms with Gasteiger partial charge in [-0.15, -0.1) is 0 Å². The second-order valence-electron chi connectivity index (χ2n) is 2.85. The van der Waals surface area contributed by atoms with Gasteiger partial charge < -0.3 is 10.4 Å². The minimum Gasteiger partial charge on any atom is -0.478 e. The van der Waals surface area contributed by atoms with Crippen molar-refractivity contribution >= 4 is 17.6 Å². The molecule has 0 fully saturated rings. The molecule has 0 saturated heterocycles. The normalized spacial score (nSPS) is 9.57. The molecule has 1 amide bonds. The lowest BCUT2D eigenvalue weighted by molar-refractivity contribution is -0.114. The maximum absolute atomic E-state index is 10.8. The van der Waals surface area contributed by atoms with E-state index in [1.807, 2.05) is 0 Å². The summed E-state index contributed by atoms with van der Waals surface area (Å²) in [5.41, 5.74) is 1.02. The second kappa shape index (κ2) is 3.87. The molecule has 0 atom stereocenters. The molecule has 1 aromatic rings. The molecule has 0 aliphatic rings. The van der Waals surface area contributed by atoms with Gasteiger partial charge >= 0.3 is 5.97 Å². The summed E-state index contributed by atoms with van der Waals surface area (Å²) in [6, 6.07) is 0. The quantitative estimate of drug-likeness (QED) is 0.737. The Morgan fingerprint density at radius 3 is 2.57 bits per heavy atom. The Kier molecular flexibility index (Phi) is 2.81. The first-order valence-electron chi connectivity index (χ1n) is 3.98. The molecule has 0 aliphatic heterocycles. The summed E-state index contributed by atoms with van der Waals surface area (Å²) < 4.78 is 0. The van der Waals surface area contributed by atoms with Crippen LogP contribution in [-0.4, -0.2) is 22.0 Å². The fourth-order valence-electron chi connectivity index (χ4n) is 1.06. The molecule has 14 heavy (non-hydrogen) atoms. The number of carbonyl (C=O) groups excluding carboxylic acids is 1. The number of rotatable bonds is 2. The average Bonchev–Trinajstić information content (AvgIpc) is 2.07. The third-order valence-electron chi connectivity index (χ3n) is 1.76. The van der Waals surface area contributed by atoms with Crippen LogP contribution in [0.2, 0.25) is 0 Å². The van der Waals surface area contributed by atoms with Gasteiger partial charge in [0, 0.05) is 13.1 Å². The number of carboxylic acid groups (broad SMARTS) is 1. The molecule has 1 aromatic heterocycles. The van der Waals surface area contributed by atoms with Gasteiger partial charge in [-0.1, -0.05) is 0 Å². The van der Waals surface area contributed by atoms with Gasteiger partial charge in [0.25, 0.3) is 0 Å². The van der Waals surface area contributed by atoms with Crippen LogP contribution in [-0.2, 0) is 4.79 Å². The van der Waals surface area contributed by atoms with Crippen molar-refractivity contribution in [2.75, 3.05) is 5.32 Å². The molecule has 0 spiro atoms. The van der Waals surface area contributed by atoms with Gasteiger partial charge in [-0.3, -0.25) is 9.78 Å². The van der Waals surface area contributed by atoms with Crippen molar-refractivity contribution in [3.63, 3.8) is 0 Å². The van der Waals surface area contributed by atoms with Crippen LogP contribution in [0.4, 0.5) is 5.69 Å². The van der Waals surface area contributed by atoms with E-state index in [1.54, 1.807) is 6.92 Å². The maximum atomic E-state index is 10.8. The van der Waals surface area contributed by atoms with E-state index >= 15 is 0 Å². The predicted molar refractivity (Wildman–Crippen MR) is 50.2 cm³/mol. The molecule has 0 aliphatic carbocycles. The molecule has 1 heterocycles. The average molecular weight is 194 g/mol. The maximum Gasteiger partial charge on any atom is 0.337 e. The van der Waals surface area contributed by atoms with Gasteiger partial charge in [0.2, 0.25) is 5.91 Å². The fraction of sp³-hybridized carbons (Fsp3) is 0.222. The third kappa shape index (κ3) is 2.07. The van der Waals surface area contributed by atoms with Crippen molar-refractivity contribution in [2.45, 2.75) is 13.8 Å². The first-order chi connectivity index (χ1) is 6.52. The van der Waals surface area contributed by atoms with Crippen LogP contribution in [0.25, 0.3) is 0 Å². The van der Waals surface area contributed by atoms with Gasteiger partial charge in [0.15, 0.2) is 0 Å². The lowest BCUT2D eigenvalue weighted by atomic mass is 10.1. The third-order valence-corrected chi connectivity index (χ3v) is 1.76. The summed E-state index contributed by atoms with van der Waals surface area (Å²) in [7, 11) is 0. The Balaban J connectivity index is 3.13. The molecule has 0 saturated carbocycles. The molecule has 5 nitrogen and oxygen atoms in total. The Morgan fingerprint density at radius 1 is 1.43 bits per heavy atom. The number of carboxylic acids is 1. The van der Waals surface area contributed by atoms with Crippen LogP contribution < -0.4 is 5.32 Å². The summed E-state index contributed by atoms with van der Waals surface area (Å²) in [6.07, 6.45) is 2.67. The molecule has 5 heteroatoms. The topological polar surface area (TPSA) is 79.3 Å². The number of hydrogen-bond donors (Lipinski definition) is 2. The van der Waals surface area contributed by atoms with Gasteiger partial charge in [-0.2, -0.15) is 0 Å². The lowest BCUT2D eigenvalue weighted by Crippen LogP contribution is -2.10. The number of hydrogen-bond acceptors (Lipinski definition) is 3. The molecule has 1 rings (SSSR count). The summed E-state index contributed by atoms with van der Waals surface area (Å²) >= 11 is 0. The van der Waals surface area contributed by atoms with E-state index < -0.39 is 5.97 Å². The van der Waals surface area contributed by atoms with E-state index in [0.717, 1.165) is 0 Å². The highest BCUT2D eigenvalue weighted by Gasteiger charge is 2.11. The first-order valence-corrected chi connectivity index (χ1v) is 3.98. The standard InChI is InChI=1S/C9H10N2O3/c1-5-7(9(13)14)3-10-4-8(5)11-6(2)12/h3-4H,1-2H3,(H,11,12)(H,13,14). The minimum absolute atomic E-state index is 0.0938. The zero-order valence-corrected chi connectivity index (χ0v) is 7.87. The van der Waals surface area contributed by atoms with Crippen molar-refractivity contribution in [3.8, 4) is 0 Å². The molecular weight excluding hydrogens is 184 g/mol. The number of amides is 1. The number of anilines is 1. The molecule has 2 N–H and O–H groups in total. The molecule has 0 bridgehead atoms. The van der Waals surface area contributed by atoms with E-state index in [4.69, 9.17) is 5.11 Å². The zero-order valence-electron chi connectivity index (χ0n) is 7.87. The zero-order chi connectivity index (χ0) is 10.7. The van der Waals surface area contributed by atoms with Gasteiger partial charge in [-0.05, 0) is 12.5 Å². The van der Waals surface area contributed by atoms with E-state index in [1.165, 1.54) is 19.3 Å². The number of nitrogens with zero attached hydrogens (tertiary/aromatic N) is 1. The Hall–Kier alpha value is -1.91. The van der Waals surface area contributed by atoms with Crippen LogP contribution in [0.15, 0.2) is 12.4 Å². The fourth-order valence-corrected chi connectivity index (χ4v) is 1.06. The van der Waals surface area contributed by atoms with E-state index in [0.29, 0.717) is 11.3 Å². The highest BCUT2D eigenvalue weighted by atomic mass is 16.4. The predicted octanol–water partition coefficient (Wildman–Crippen LogP) is 1.05. The SMILES string of the molecule is CC(=O)Nc1cncc(C(=O)O)c1C. The summed E-state index contributed by atoms with van der Waals surface area (Å²) in [4.78, 5) is 25.2. The number of nitrogens with one attached hydrogen (secondary N) is 1. The molecule has 74 valence electrons. The van der Waals surface area contributed by atoms with Gasteiger partial charge in [0.05, 0.1) is 17.4 Å². The largest absolute Gasteiger partial charge is 0.478 e. The Bertz CT molecular complexity index is 388. The first kappa shape index (κ1) is 10.2. The van der Waals surface area contributed by atoms with Crippen LogP contribution in [0.3, 0.4) is 0 Å². The number of pyridine rings is 1. The second-order valence-corrected chi connectivity index (χ2v) is 2.85. The van der Waals surface area contributed by atoms with Crippen molar-refractivity contribution in [3.05, 3.63) is 23.5 Å². The van der Waals surface area contributed by atoms with Crippen LogP contribution in [0.5, 0.6) is 0 Å². The highest BCUT2D eigenvalue weighted by molar-refractivity contribution is 5.94. The van der Waals surface area contributed by atoms with Crippen LogP contribution in [0.1, 0.15) is 22.8 Å². The molecule has 0 radical (unpaired) electrons. The van der Waals surface area contributed by atoms with Crippen LogP contribution >= 0.6 is 0 Å². The van der Waals surface area contributed by atoms with E-state index in [2.05, 4.69) is 10.3 Å². The number of carbonyl (C=O) groups is 2. The van der Waals surface area contributed by atoms with E-state index in [9.17, 15) is 9.59 Å². The highest BCUT2D eigenvalue weighted by Crippen LogP contribution is 2.16. The Labute approximate surface area is 80.8 Å². The summed E-state index contributed by atoms with van der Waals surface area (Å²) in [5.74, 6) is -1.31. The number of aromatic nitrogens is 1. The summed E-state index contributed by atoms with van der Waals surface area (Å²) in [6.45, 7) is 2.98. The van der Waals surface area contributed by atoms with Crippen molar-refractivity contribution in [1.82, 2.24) is 4.98 Å².